The van der Waals surface area contributed by atoms with Crippen molar-refractivity contribution < 1.29 is 8.42 Å². The van der Waals surface area contributed by atoms with E-state index < -0.39 is 10.0 Å². The Morgan fingerprint density at radius 2 is 1.89 bits per heavy atom. The molecule has 150 valence electrons. The third-order valence-electron chi connectivity index (χ3n) is 5.08. The van der Waals surface area contributed by atoms with Crippen LogP contribution in [0.25, 0.3) is 0 Å². The van der Waals surface area contributed by atoms with Crippen molar-refractivity contribution in [3.8, 4) is 0 Å². The molecule has 0 aliphatic carbocycles. The summed E-state index contributed by atoms with van der Waals surface area (Å²) in [5.74, 6) is 2.04. The number of piperidine rings is 1. The number of benzene rings is 1. The fourth-order valence-corrected chi connectivity index (χ4v) is 6.17. The number of nitrogens with zero attached hydrogens (tertiary/aromatic N) is 2. The lowest BCUT2D eigenvalue weighted by atomic mass is 10.2. The first kappa shape index (κ1) is 20.5. The summed E-state index contributed by atoms with van der Waals surface area (Å²) < 4.78 is 27.0. The van der Waals surface area contributed by atoms with E-state index in [0.717, 1.165) is 37.3 Å². The highest BCUT2D eigenvalue weighted by molar-refractivity contribution is 8.00. The Hall–Kier alpha value is -1.25. The Balaban J connectivity index is 1.52. The van der Waals surface area contributed by atoms with E-state index in [1.54, 1.807) is 23.5 Å². The minimum absolute atomic E-state index is 0.383. The van der Waals surface area contributed by atoms with Crippen LogP contribution in [0.4, 0.5) is 0 Å². The maximum absolute atomic E-state index is 12.7. The molecule has 1 aromatic rings. The van der Waals surface area contributed by atoms with Gasteiger partial charge in [0.1, 0.15) is 0 Å². The predicted molar refractivity (Wildman–Crippen MR) is 113 cm³/mol. The smallest absolute Gasteiger partial charge is 0.243 e. The first-order chi connectivity index (χ1) is 13.1. The van der Waals surface area contributed by atoms with Gasteiger partial charge in [-0.05, 0) is 49.1 Å². The Morgan fingerprint density at radius 1 is 1.15 bits per heavy atom. The molecular formula is C19H30N4O2S2. The van der Waals surface area contributed by atoms with E-state index >= 15 is 0 Å². The number of hydrogen-bond donors (Lipinski definition) is 2. The van der Waals surface area contributed by atoms with Crippen molar-refractivity contribution >= 4 is 27.7 Å². The van der Waals surface area contributed by atoms with E-state index in [9.17, 15) is 8.42 Å². The minimum Gasteiger partial charge on any atom is -0.355 e. The zero-order chi connectivity index (χ0) is 19.1. The summed E-state index contributed by atoms with van der Waals surface area (Å²) in [4.78, 5) is 4.65. The fraction of sp³-hybridized carbons (Fsp3) is 0.632. The van der Waals surface area contributed by atoms with E-state index in [1.165, 1.54) is 18.6 Å². The summed E-state index contributed by atoms with van der Waals surface area (Å²) in [5.41, 5.74) is 1.03. The van der Waals surface area contributed by atoms with Crippen LogP contribution in [0.15, 0.2) is 34.2 Å². The Kier molecular flexibility index (Phi) is 7.43. The van der Waals surface area contributed by atoms with E-state index in [2.05, 4.69) is 15.6 Å². The molecule has 0 aromatic heterocycles. The number of aliphatic imine (C=N–C) groups is 1. The second-order valence-corrected chi connectivity index (χ2v) is 10.4. The van der Waals surface area contributed by atoms with Gasteiger partial charge in [0.05, 0.1) is 4.90 Å². The third kappa shape index (κ3) is 5.62. The maximum atomic E-state index is 12.7. The molecule has 1 atom stereocenters. The van der Waals surface area contributed by atoms with Gasteiger partial charge in [0.25, 0.3) is 0 Å². The third-order valence-corrected chi connectivity index (χ3v) is 8.39. The van der Waals surface area contributed by atoms with Crippen molar-refractivity contribution in [3.63, 3.8) is 0 Å². The van der Waals surface area contributed by atoms with Crippen LogP contribution in [0.5, 0.6) is 0 Å². The topological polar surface area (TPSA) is 73.8 Å². The van der Waals surface area contributed by atoms with Crippen LogP contribution < -0.4 is 10.6 Å². The van der Waals surface area contributed by atoms with Crippen molar-refractivity contribution in [2.75, 3.05) is 32.4 Å². The van der Waals surface area contributed by atoms with Gasteiger partial charge < -0.3 is 10.6 Å². The van der Waals surface area contributed by atoms with Crippen LogP contribution >= 0.6 is 11.8 Å². The molecule has 2 saturated heterocycles. The first-order valence-corrected chi connectivity index (χ1v) is 12.2. The lowest BCUT2D eigenvalue weighted by Gasteiger charge is -2.25. The lowest BCUT2D eigenvalue weighted by molar-refractivity contribution is 0.346. The molecule has 2 fully saturated rings. The largest absolute Gasteiger partial charge is 0.355 e. The van der Waals surface area contributed by atoms with Gasteiger partial charge >= 0.3 is 0 Å². The number of guanidine groups is 1. The molecule has 0 bridgehead atoms. The Bertz CT molecular complexity index is 723. The maximum Gasteiger partial charge on any atom is 0.243 e. The molecular weight excluding hydrogens is 380 g/mol. The predicted octanol–water partition coefficient (Wildman–Crippen LogP) is 2.42. The molecule has 2 aliphatic heterocycles. The van der Waals surface area contributed by atoms with Gasteiger partial charge in [-0.15, -0.1) is 0 Å². The summed E-state index contributed by atoms with van der Waals surface area (Å²) in [5, 5.41) is 7.35. The molecule has 0 radical (unpaired) electrons. The van der Waals surface area contributed by atoms with Crippen molar-refractivity contribution in [2.24, 2.45) is 4.99 Å². The average Bonchev–Trinajstić information content (AvgIpc) is 3.23. The van der Waals surface area contributed by atoms with E-state index in [4.69, 9.17) is 0 Å². The second kappa shape index (κ2) is 9.80. The van der Waals surface area contributed by atoms with Gasteiger partial charge in [-0.3, -0.25) is 4.99 Å². The highest BCUT2D eigenvalue weighted by atomic mass is 32.2. The molecule has 0 amide bonds. The summed E-state index contributed by atoms with van der Waals surface area (Å²) in [6, 6.07) is 7.19. The molecule has 27 heavy (non-hydrogen) atoms. The van der Waals surface area contributed by atoms with Gasteiger partial charge in [0, 0.05) is 38.5 Å². The van der Waals surface area contributed by atoms with Gasteiger partial charge in [0.2, 0.25) is 10.0 Å². The summed E-state index contributed by atoms with van der Waals surface area (Å²) in [6.45, 7) is 2.80. The van der Waals surface area contributed by atoms with Gasteiger partial charge in [-0.25, -0.2) is 8.42 Å². The SMILES string of the molecule is CN=C(NCc1ccc(S(=O)(=O)N2CCCCC2)cc1)NCC1CCCS1. The Morgan fingerprint density at radius 3 is 2.52 bits per heavy atom. The van der Waals surface area contributed by atoms with Crippen LogP contribution in [0.2, 0.25) is 0 Å². The van der Waals surface area contributed by atoms with E-state index in [1.807, 2.05) is 23.9 Å². The standard InChI is InChI=1S/C19H30N4O2S2/c1-20-19(22-15-17-6-5-13-26-17)21-14-16-7-9-18(10-8-16)27(24,25)23-11-3-2-4-12-23/h7-10,17H,2-6,11-15H2,1H3,(H2,20,21,22). The molecule has 2 aliphatic rings. The molecule has 0 saturated carbocycles. The molecule has 1 aromatic carbocycles. The number of nitrogens with one attached hydrogen (secondary N) is 2. The van der Waals surface area contributed by atoms with Crippen LogP contribution in [-0.4, -0.2) is 56.4 Å². The molecule has 8 heteroatoms. The lowest BCUT2D eigenvalue weighted by Crippen LogP contribution is -2.39. The summed E-state index contributed by atoms with van der Waals surface area (Å²) in [6.07, 6.45) is 5.59. The number of rotatable bonds is 6. The van der Waals surface area contributed by atoms with E-state index in [0.29, 0.717) is 29.8 Å². The molecule has 6 nitrogen and oxygen atoms in total. The first-order valence-electron chi connectivity index (χ1n) is 9.75. The van der Waals surface area contributed by atoms with Gasteiger partial charge in [-0.2, -0.15) is 16.1 Å². The zero-order valence-electron chi connectivity index (χ0n) is 16.0. The molecule has 2 N–H and O–H groups in total. The van der Waals surface area contributed by atoms with Crippen molar-refractivity contribution in [1.82, 2.24) is 14.9 Å². The van der Waals surface area contributed by atoms with Crippen LogP contribution in [0, 0.1) is 0 Å². The second-order valence-electron chi connectivity index (χ2n) is 7.05. The van der Waals surface area contributed by atoms with E-state index in [-0.39, 0.29) is 0 Å². The minimum atomic E-state index is -3.36. The van der Waals surface area contributed by atoms with Crippen LogP contribution in [0.3, 0.4) is 0 Å². The number of hydrogen-bond acceptors (Lipinski definition) is 4. The zero-order valence-corrected chi connectivity index (χ0v) is 17.6. The van der Waals surface area contributed by atoms with Crippen molar-refractivity contribution in [1.29, 1.82) is 0 Å². The number of sulfonamides is 1. The monoisotopic (exact) mass is 410 g/mol. The number of thioether (sulfide) groups is 1. The fourth-order valence-electron chi connectivity index (χ4n) is 3.46. The van der Waals surface area contributed by atoms with Gasteiger partial charge in [0.15, 0.2) is 5.96 Å². The molecule has 3 rings (SSSR count). The van der Waals surface area contributed by atoms with Crippen molar-refractivity contribution in [2.45, 2.75) is 48.8 Å². The highest BCUT2D eigenvalue weighted by Crippen LogP contribution is 2.25. The average molecular weight is 411 g/mol. The Labute approximate surface area is 167 Å². The van der Waals surface area contributed by atoms with Crippen molar-refractivity contribution in [3.05, 3.63) is 29.8 Å². The normalized spacial score (nSPS) is 22.0. The highest BCUT2D eigenvalue weighted by Gasteiger charge is 2.25. The molecule has 2 heterocycles. The molecule has 0 spiro atoms. The van der Waals surface area contributed by atoms with Crippen LogP contribution in [0.1, 0.15) is 37.7 Å². The molecule has 1 unspecified atom stereocenters. The quantitative estimate of drug-likeness (QED) is 0.557. The van der Waals surface area contributed by atoms with Crippen LogP contribution in [-0.2, 0) is 16.6 Å². The summed E-state index contributed by atoms with van der Waals surface area (Å²) >= 11 is 2.02. The van der Waals surface area contributed by atoms with Gasteiger partial charge in [-0.1, -0.05) is 18.6 Å². The summed E-state index contributed by atoms with van der Waals surface area (Å²) in [7, 11) is -1.59.